The molecule has 4 rings (SSSR count). The SMILES string of the molecule is COc1cc(Br)c([N+](=O)[O-])cc1Nc1nccc(-c2c(C)[nH]c3ccccc23)n1. The molecule has 2 heterocycles. The van der Waals surface area contributed by atoms with Gasteiger partial charge in [0.15, 0.2) is 0 Å². The fourth-order valence-corrected chi connectivity index (χ4v) is 3.70. The van der Waals surface area contributed by atoms with Crippen LogP contribution < -0.4 is 10.1 Å². The fraction of sp³-hybridized carbons (Fsp3) is 0.100. The average Bonchev–Trinajstić information content (AvgIpc) is 3.04. The van der Waals surface area contributed by atoms with Gasteiger partial charge in [0.2, 0.25) is 5.95 Å². The zero-order chi connectivity index (χ0) is 20.5. The van der Waals surface area contributed by atoms with E-state index in [2.05, 4.69) is 36.2 Å². The molecule has 0 unspecified atom stereocenters. The first-order chi connectivity index (χ1) is 14.0. The second-order valence-electron chi connectivity index (χ2n) is 6.32. The van der Waals surface area contributed by atoms with Gasteiger partial charge in [-0.3, -0.25) is 10.1 Å². The maximum atomic E-state index is 11.3. The van der Waals surface area contributed by atoms with E-state index in [0.717, 1.165) is 27.9 Å². The van der Waals surface area contributed by atoms with Crippen molar-refractivity contribution in [3.05, 3.63) is 68.9 Å². The number of aromatic amines is 1. The van der Waals surface area contributed by atoms with Crippen LogP contribution in [0.2, 0.25) is 0 Å². The minimum absolute atomic E-state index is 0.0862. The number of hydrogen-bond donors (Lipinski definition) is 2. The van der Waals surface area contributed by atoms with Crippen molar-refractivity contribution >= 4 is 44.2 Å². The average molecular weight is 454 g/mol. The topological polar surface area (TPSA) is 106 Å². The monoisotopic (exact) mass is 453 g/mol. The van der Waals surface area contributed by atoms with Crippen molar-refractivity contribution in [3.8, 4) is 17.0 Å². The summed E-state index contributed by atoms with van der Waals surface area (Å²) in [5.74, 6) is 0.738. The maximum absolute atomic E-state index is 11.3. The molecule has 2 aromatic carbocycles. The van der Waals surface area contributed by atoms with Gasteiger partial charge in [0.05, 0.1) is 27.9 Å². The van der Waals surface area contributed by atoms with Crippen LogP contribution in [0.3, 0.4) is 0 Å². The number of nitrogens with zero attached hydrogens (tertiary/aromatic N) is 3. The summed E-state index contributed by atoms with van der Waals surface area (Å²) in [5.41, 5.74) is 4.06. The molecule has 4 aromatic rings. The molecule has 0 amide bonds. The highest BCUT2D eigenvalue weighted by atomic mass is 79.9. The van der Waals surface area contributed by atoms with Gasteiger partial charge in [0, 0.05) is 40.5 Å². The lowest BCUT2D eigenvalue weighted by atomic mass is 10.1. The molecule has 0 atom stereocenters. The molecule has 0 bridgehead atoms. The number of rotatable bonds is 5. The summed E-state index contributed by atoms with van der Waals surface area (Å²) in [6.07, 6.45) is 1.64. The van der Waals surface area contributed by atoms with Gasteiger partial charge < -0.3 is 15.0 Å². The van der Waals surface area contributed by atoms with Gasteiger partial charge in [-0.25, -0.2) is 9.97 Å². The Hall–Kier alpha value is -3.46. The van der Waals surface area contributed by atoms with Gasteiger partial charge in [-0.05, 0) is 35.0 Å². The van der Waals surface area contributed by atoms with Crippen molar-refractivity contribution in [2.24, 2.45) is 0 Å². The predicted octanol–water partition coefficient (Wildman–Crippen LogP) is 5.36. The third kappa shape index (κ3) is 3.52. The summed E-state index contributed by atoms with van der Waals surface area (Å²) in [6, 6.07) is 12.7. The highest BCUT2D eigenvalue weighted by Crippen LogP contribution is 2.37. The van der Waals surface area contributed by atoms with E-state index in [4.69, 9.17) is 4.74 Å². The minimum Gasteiger partial charge on any atom is -0.495 e. The van der Waals surface area contributed by atoms with E-state index in [1.165, 1.54) is 19.2 Å². The zero-order valence-electron chi connectivity index (χ0n) is 15.6. The summed E-state index contributed by atoms with van der Waals surface area (Å²) >= 11 is 3.19. The largest absolute Gasteiger partial charge is 0.495 e. The van der Waals surface area contributed by atoms with Crippen LogP contribution in [0, 0.1) is 17.0 Å². The number of halogens is 1. The summed E-state index contributed by atoms with van der Waals surface area (Å²) in [7, 11) is 1.49. The number of para-hydroxylation sites is 1. The fourth-order valence-electron chi connectivity index (χ4n) is 3.24. The third-order valence-electron chi connectivity index (χ3n) is 4.52. The van der Waals surface area contributed by atoms with Crippen molar-refractivity contribution in [1.82, 2.24) is 15.0 Å². The summed E-state index contributed by atoms with van der Waals surface area (Å²) in [6.45, 7) is 1.99. The Bertz CT molecular complexity index is 1240. The van der Waals surface area contributed by atoms with E-state index in [0.29, 0.717) is 21.9 Å². The second-order valence-corrected chi connectivity index (χ2v) is 7.18. The van der Waals surface area contributed by atoms with Gasteiger partial charge in [-0.15, -0.1) is 0 Å². The molecule has 0 saturated heterocycles. The van der Waals surface area contributed by atoms with Crippen molar-refractivity contribution in [3.63, 3.8) is 0 Å². The van der Waals surface area contributed by atoms with Crippen LogP contribution in [0.15, 0.2) is 53.1 Å². The van der Waals surface area contributed by atoms with E-state index in [1.807, 2.05) is 37.3 Å². The number of hydrogen-bond acceptors (Lipinski definition) is 6. The molecule has 9 heteroatoms. The van der Waals surface area contributed by atoms with Gasteiger partial charge in [0.1, 0.15) is 5.75 Å². The molecule has 29 heavy (non-hydrogen) atoms. The molecule has 2 N–H and O–H groups in total. The first kappa shape index (κ1) is 18.9. The summed E-state index contributed by atoms with van der Waals surface area (Å²) in [4.78, 5) is 23.0. The smallest absolute Gasteiger partial charge is 0.285 e. The van der Waals surface area contributed by atoms with Crippen molar-refractivity contribution in [2.45, 2.75) is 6.92 Å². The highest BCUT2D eigenvalue weighted by Gasteiger charge is 2.18. The normalized spacial score (nSPS) is 10.9. The van der Waals surface area contributed by atoms with Crippen LogP contribution in [0.1, 0.15) is 5.69 Å². The number of anilines is 2. The number of fused-ring (bicyclic) bond motifs is 1. The summed E-state index contributed by atoms with van der Waals surface area (Å²) < 4.78 is 5.66. The van der Waals surface area contributed by atoms with Crippen LogP contribution >= 0.6 is 15.9 Å². The van der Waals surface area contributed by atoms with E-state index in [-0.39, 0.29) is 5.69 Å². The Balaban J connectivity index is 1.76. The number of nitrogens with one attached hydrogen (secondary N) is 2. The molecule has 0 saturated carbocycles. The molecule has 8 nitrogen and oxygen atoms in total. The van der Waals surface area contributed by atoms with Crippen molar-refractivity contribution < 1.29 is 9.66 Å². The predicted molar refractivity (Wildman–Crippen MR) is 115 cm³/mol. The molecule has 146 valence electrons. The Morgan fingerprint density at radius 3 is 2.79 bits per heavy atom. The van der Waals surface area contributed by atoms with Crippen molar-refractivity contribution in [2.75, 3.05) is 12.4 Å². The van der Waals surface area contributed by atoms with Crippen LogP contribution in [-0.4, -0.2) is 27.0 Å². The van der Waals surface area contributed by atoms with Crippen molar-refractivity contribution in [1.29, 1.82) is 0 Å². The number of benzene rings is 2. The van der Waals surface area contributed by atoms with Gasteiger partial charge in [-0.1, -0.05) is 18.2 Å². The molecule has 0 aliphatic rings. The van der Waals surface area contributed by atoms with Gasteiger partial charge in [0.25, 0.3) is 5.69 Å². The number of H-pyrrole nitrogens is 1. The number of nitro groups is 1. The van der Waals surface area contributed by atoms with E-state index in [9.17, 15) is 10.1 Å². The van der Waals surface area contributed by atoms with Crippen LogP contribution in [0.4, 0.5) is 17.3 Å². The number of ether oxygens (including phenoxy) is 1. The quantitative estimate of drug-likeness (QED) is 0.311. The zero-order valence-corrected chi connectivity index (χ0v) is 17.1. The minimum atomic E-state index is -0.471. The number of nitro benzene ring substituents is 1. The first-order valence-corrected chi connectivity index (χ1v) is 9.47. The Kier molecular flexibility index (Phi) is 4.89. The number of aryl methyl sites for hydroxylation is 1. The first-order valence-electron chi connectivity index (χ1n) is 8.67. The second kappa shape index (κ2) is 7.51. The van der Waals surface area contributed by atoms with Gasteiger partial charge in [-0.2, -0.15) is 0 Å². The molecule has 0 fully saturated rings. The third-order valence-corrected chi connectivity index (χ3v) is 5.15. The summed E-state index contributed by atoms with van der Waals surface area (Å²) in [5, 5.41) is 15.4. The van der Waals surface area contributed by atoms with E-state index >= 15 is 0 Å². The van der Waals surface area contributed by atoms with Crippen LogP contribution in [0.25, 0.3) is 22.2 Å². The molecule has 0 aliphatic carbocycles. The Labute approximate surface area is 174 Å². The van der Waals surface area contributed by atoms with Gasteiger partial charge >= 0.3 is 0 Å². The lowest BCUT2D eigenvalue weighted by molar-refractivity contribution is -0.385. The Morgan fingerprint density at radius 2 is 2.03 bits per heavy atom. The van der Waals surface area contributed by atoms with Crippen LogP contribution in [0.5, 0.6) is 5.75 Å². The highest BCUT2D eigenvalue weighted by molar-refractivity contribution is 9.10. The lowest BCUT2D eigenvalue weighted by Gasteiger charge is -2.11. The molecule has 2 aromatic heterocycles. The van der Waals surface area contributed by atoms with E-state index in [1.54, 1.807) is 6.20 Å². The maximum Gasteiger partial charge on any atom is 0.285 e. The molecule has 0 aliphatic heterocycles. The number of aromatic nitrogens is 3. The molecular formula is C20H16BrN5O3. The number of methoxy groups -OCH3 is 1. The Morgan fingerprint density at radius 1 is 1.24 bits per heavy atom. The van der Waals surface area contributed by atoms with E-state index < -0.39 is 4.92 Å². The molecule has 0 radical (unpaired) electrons. The van der Waals surface area contributed by atoms with Crippen LogP contribution in [-0.2, 0) is 0 Å². The lowest BCUT2D eigenvalue weighted by Crippen LogP contribution is -2.01. The standard InChI is InChI=1S/C20H16BrN5O3/c1-11-19(12-5-3-4-6-14(12)23-11)15-7-8-22-20(24-15)25-16-10-17(26(27)28)13(21)9-18(16)29-2/h3-10,23H,1-2H3,(H,22,24,25). The molecular weight excluding hydrogens is 438 g/mol. The molecule has 0 spiro atoms.